The number of allylic oxidation sites excluding steroid dienone is 3. The standard InChI is InChI=1S/C21H28ClNS2.C2H6/c1-5-7-10-15(3)13-18(23-14-17-11-8-12-24-17)21-16(4)20(22)19(25-21)9-6-2;1-2/h8,10-13,23H,5-7,9,14H2,1-4H3;1-2H3/b15-10+,18-13+;. The molecular weight excluding hydrogens is 390 g/mol. The van der Waals surface area contributed by atoms with E-state index < -0.39 is 0 Å². The lowest BCUT2D eigenvalue weighted by atomic mass is 10.1. The molecule has 4 heteroatoms. The highest BCUT2D eigenvalue weighted by molar-refractivity contribution is 7.14. The molecule has 0 unspecified atom stereocenters. The summed E-state index contributed by atoms with van der Waals surface area (Å²) < 4.78 is 0. The second-order valence-electron chi connectivity index (χ2n) is 6.27. The molecule has 2 aromatic heterocycles. The van der Waals surface area contributed by atoms with Crippen molar-refractivity contribution in [1.82, 2.24) is 5.32 Å². The Kier molecular flexibility index (Phi) is 11.7. The van der Waals surface area contributed by atoms with Gasteiger partial charge in [0.1, 0.15) is 0 Å². The Labute approximate surface area is 179 Å². The quantitative estimate of drug-likeness (QED) is 0.398. The number of thiophene rings is 2. The zero-order chi connectivity index (χ0) is 20.2. The number of unbranched alkanes of at least 4 members (excludes halogenated alkanes) is 1. The van der Waals surface area contributed by atoms with Crippen molar-refractivity contribution in [3.05, 3.63) is 60.5 Å². The van der Waals surface area contributed by atoms with Crippen LogP contribution in [0.25, 0.3) is 5.70 Å². The van der Waals surface area contributed by atoms with Gasteiger partial charge >= 0.3 is 0 Å². The number of hydrogen-bond donors (Lipinski definition) is 1. The van der Waals surface area contributed by atoms with Crippen LogP contribution in [-0.2, 0) is 13.0 Å². The van der Waals surface area contributed by atoms with Crippen LogP contribution < -0.4 is 5.32 Å². The fourth-order valence-corrected chi connectivity index (χ4v) is 4.95. The minimum atomic E-state index is 0.850. The summed E-state index contributed by atoms with van der Waals surface area (Å²) in [7, 11) is 0. The SMILES string of the molecule is CC.CCC/C=C(C)/C=C(/NCc1cccs1)c1sc(CCC)c(Cl)c1C. The van der Waals surface area contributed by atoms with Crippen LogP contribution in [0.2, 0.25) is 5.02 Å². The van der Waals surface area contributed by atoms with E-state index in [1.54, 1.807) is 11.3 Å². The van der Waals surface area contributed by atoms with Crippen molar-refractivity contribution in [2.45, 2.75) is 73.8 Å². The highest BCUT2D eigenvalue weighted by atomic mass is 35.5. The maximum Gasteiger partial charge on any atom is 0.0581 e. The molecule has 0 radical (unpaired) electrons. The minimum Gasteiger partial charge on any atom is -0.379 e. The first kappa shape index (κ1) is 24.0. The molecule has 2 heterocycles. The van der Waals surface area contributed by atoms with Crippen molar-refractivity contribution < 1.29 is 0 Å². The van der Waals surface area contributed by atoms with Gasteiger partial charge in [0.2, 0.25) is 0 Å². The first-order chi connectivity index (χ1) is 13.1. The van der Waals surface area contributed by atoms with E-state index in [1.807, 2.05) is 25.2 Å². The second kappa shape index (κ2) is 13.2. The predicted octanol–water partition coefficient (Wildman–Crippen LogP) is 8.63. The Morgan fingerprint density at radius 1 is 1.22 bits per heavy atom. The molecule has 2 aromatic rings. The molecule has 1 N–H and O–H groups in total. The van der Waals surface area contributed by atoms with Crippen LogP contribution in [-0.4, -0.2) is 0 Å². The minimum absolute atomic E-state index is 0.850. The summed E-state index contributed by atoms with van der Waals surface area (Å²) >= 11 is 10.2. The van der Waals surface area contributed by atoms with Gasteiger partial charge in [-0.1, -0.05) is 69.9 Å². The average molecular weight is 424 g/mol. The van der Waals surface area contributed by atoms with Crippen LogP contribution in [0.3, 0.4) is 0 Å². The van der Waals surface area contributed by atoms with Gasteiger partial charge in [0.05, 0.1) is 15.6 Å². The summed E-state index contributed by atoms with van der Waals surface area (Å²) in [4.78, 5) is 3.92. The molecule has 2 rings (SSSR count). The number of nitrogens with one attached hydrogen (secondary N) is 1. The fourth-order valence-electron chi connectivity index (χ4n) is 2.65. The van der Waals surface area contributed by atoms with Crippen molar-refractivity contribution in [3.63, 3.8) is 0 Å². The van der Waals surface area contributed by atoms with E-state index in [2.05, 4.69) is 62.7 Å². The second-order valence-corrected chi connectivity index (χ2v) is 8.79. The molecule has 0 saturated carbocycles. The summed E-state index contributed by atoms with van der Waals surface area (Å²) in [6.07, 6.45) is 9.04. The molecule has 0 aromatic carbocycles. The first-order valence-electron chi connectivity index (χ1n) is 9.99. The number of halogens is 1. The highest BCUT2D eigenvalue weighted by Gasteiger charge is 2.16. The van der Waals surface area contributed by atoms with Gasteiger partial charge in [0.15, 0.2) is 0 Å². The molecule has 0 saturated heterocycles. The van der Waals surface area contributed by atoms with Crippen molar-refractivity contribution in [1.29, 1.82) is 0 Å². The lowest BCUT2D eigenvalue weighted by Gasteiger charge is -2.11. The van der Waals surface area contributed by atoms with Gasteiger partial charge in [-0.3, -0.25) is 0 Å². The van der Waals surface area contributed by atoms with Gasteiger partial charge < -0.3 is 5.32 Å². The Morgan fingerprint density at radius 3 is 2.56 bits per heavy atom. The van der Waals surface area contributed by atoms with Crippen molar-refractivity contribution in [3.8, 4) is 0 Å². The predicted molar refractivity (Wildman–Crippen MR) is 127 cm³/mol. The van der Waals surface area contributed by atoms with Crippen LogP contribution in [0.1, 0.15) is 74.1 Å². The third-order valence-corrected chi connectivity index (χ3v) is 6.91. The van der Waals surface area contributed by atoms with Crippen LogP contribution >= 0.6 is 34.3 Å². The van der Waals surface area contributed by atoms with Gasteiger partial charge in [-0.05, 0) is 49.8 Å². The molecule has 0 aliphatic carbocycles. The van der Waals surface area contributed by atoms with Gasteiger partial charge in [0.25, 0.3) is 0 Å². The molecule has 0 aliphatic rings. The van der Waals surface area contributed by atoms with Crippen LogP contribution in [0.15, 0.2) is 35.2 Å². The van der Waals surface area contributed by atoms with Crippen LogP contribution in [0.4, 0.5) is 0 Å². The summed E-state index contributed by atoms with van der Waals surface area (Å²) in [5, 5.41) is 6.72. The number of hydrogen-bond acceptors (Lipinski definition) is 3. The molecule has 0 bridgehead atoms. The maximum atomic E-state index is 6.60. The van der Waals surface area contributed by atoms with E-state index in [9.17, 15) is 0 Å². The van der Waals surface area contributed by atoms with Crippen molar-refractivity contribution in [2.24, 2.45) is 0 Å². The highest BCUT2D eigenvalue weighted by Crippen LogP contribution is 2.37. The van der Waals surface area contributed by atoms with Crippen molar-refractivity contribution >= 4 is 40.0 Å². The summed E-state index contributed by atoms with van der Waals surface area (Å²) in [5.74, 6) is 0. The summed E-state index contributed by atoms with van der Waals surface area (Å²) in [5.41, 5.74) is 3.69. The van der Waals surface area contributed by atoms with Crippen LogP contribution in [0.5, 0.6) is 0 Å². The normalized spacial score (nSPS) is 12.0. The van der Waals surface area contributed by atoms with Gasteiger partial charge in [0, 0.05) is 16.3 Å². The van der Waals surface area contributed by atoms with E-state index in [4.69, 9.17) is 11.6 Å². The van der Waals surface area contributed by atoms with Gasteiger partial charge in [-0.15, -0.1) is 22.7 Å². The molecule has 0 atom stereocenters. The zero-order valence-electron chi connectivity index (χ0n) is 17.6. The maximum absolute atomic E-state index is 6.60. The largest absolute Gasteiger partial charge is 0.379 e. The molecule has 0 amide bonds. The Hall–Kier alpha value is -1.03. The molecule has 150 valence electrons. The Morgan fingerprint density at radius 2 is 1.96 bits per heavy atom. The fraction of sp³-hybridized carbons (Fsp3) is 0.478. The van der Waals surface area contributed by atoms with E-state index in [0.717, 1.165) is 30.8 Å². The molecule has 1 nitrogen and oxygen atoms in total. The number of rotatable bonds is 9. The van der Waals surface area contributed by atoms with Gasteiger partial charge in [-0.25, -0.2) is 0 Å². The Bertz CT molecular complexity index is 724. The third kappa shape index (κ3) is 7.48. The van der Waals surface area contributed by atoms with Crippen LogP contribution in [0, 0.1) is 6.92 Å². The zero-order valence-corrected chi connectivity index (χ0v) is 20.0. The van der Waals surface area contributed by atoms with E-state index in [1.165, 1.54) is 37.9 Å². The molecule has 0 fully saturated rings. The smallest absolute Gasteiger partial charge is 0.0581 e. The monoisotopic (exact) mass is 423 g/mol. The average Bonchev–Trinajstić information content (AvgIpc) is 3.29. The molecular formula is C23H34ClNS2. The topological polar surface area (TPSA) is 12.0 Å². The molecule has 0 aliphatic heterocycles. The summed E-state index contributed by atoms with van der Waals surface area (Å²) in [6, 6.07) is 4.27. The lowest BCUT2D eigenvalue weighted by molar-refractivity contribution is 0.907. The lowest BCUT2D eigenvalue weighted by Crippen LogP contribution is -2.11. The van der Waals surface area contributed by atoms with E-state index >= 15 is 0 Å². The molecule has 27 heavy (non-hydrogen) atoms. The third-order valence-electron chi connectivity index (χ3n) is 4.02. The van der Waals surface area contributed by atoms with E-state index in [-0.39, 0.29) is 0 Å². The first-order valence-corrected chi connectivity index (χ1v) is 12.1. The number of aryl methyl sites for hydroxylation is 1. The van der Waals surface area contributed by atoms with E-state index in [0.29, 0.717) is 0 Å². The van der Waals surface area contributed by atoms with Crippen molar-refractivity contribution in [2.75, 3.05) is 0 Å². The van der Waals surface area contributed by atoms with Gasteiger partial charge in [-0.2, -0.15) is 0 Å². The Balaban J connectivity index is 0.00000176. The summed E-state index contributed by atoms with van der Waals surface area (Å²) in [6.45, 7) is 13.6. The molecule has 0 spiro atoms.